The number of likely N-dealkylation sites (N-methyl/N-ethyl adjacent to an activating group) is 1. The molecule has 2 amide bonds. The largest absolute Gasteiger partial charge is 0.378 e. The molecule has 0 aliphatic carbocycles. The quantitative estimate of drug-likeness (QED) is 0.654. The van der Waals surface area contributed by atoms with E-state index in [1.165, 1.54) is 11.8 Å². The maximum Gasteiger partial charge on any atom is 0.243 e. The molecule has 1 saturated heterocycles. The Kier molecular flexibility index (Phi) is 8.16. The molecule has 0 atom stereocenters. The minimum absolute atomic E-state index is 0.0384. The Balaban J connectivity index is 1.49. The SMILES string of the molecule is CCN(CC(=O)Nc1ccc(N2CCOCC2)cc1)C(=O)CSc1ccccc1C. The van der Waals surface area contributed by atoms with Gasteiger partial charge in [-0.05, 0) is 49.7 Å². The molecule has 2 aromatic carbocycles. The molecule has 0 saturated carbocycles. The zero-order valence-electron chi connectivity index (χ0n) is 17.6. The summed E-state index contributed by atoms with van der Waals surface area (Å²) in [6.45, 7) is 7.69. The Labute approximate surface area is 182 Å². The third-order valence-electron chi connectivity index (χ3n) is 5.04. The van der Waals surface area contributed by atoms with Gasteiger partial charge in [0.1, 0.15) is 0 Å². The van der Waals surface area contributed by atoms with E-state index in [2.05, 4.69) is 10.2 Å². The minimum Gasteiger partial charge on any atom is -0.378 e. The number of rotatable bonds is 8. The van der Waals surface area contributed by atoms with Gasteiger partial charge in [0, 0.05) is 35.9 Å². The van der Waals surface area contributed by atoms with Crippen molar-refractivity contribution in [1.29, 1.82) is 0 Å². The average molecular weight is 428 g/mol. The van der Waals surface area contributed by atoms with E-state index >= 15 is 0 Å². The van der Waals surface area contributed by atoms with Gasteiger partial charge in [0.15, 0.2) is 0 Å². The van der Waals surface area contributed by atoms with Crippen LogP contribution in [-0.4, -0.2) is 61.9 Å². The number of hydrogen-bond donors (Lipinski definition) is 1. The molecule has 0 spiro atoms. The highest BCUT2D eigenvalue weighted by Gasteiger charge is 2.17. The summed E-state index contributed by atoms with van der Waals surface area (Å²) in [5, 5.41) is 2.89. The molecule has 2 aromatic rings. The first-order chi connectivity index (χ1) is 14.6. The van der Waals surface area contributed by atoms with Gasteiger partial charge in [0.05, 0.1) is 25.5 Å². The molecule has 1 heterocycles. The molecular weight excluding hydrogens is 398 g/mol. The second-order valence-corrected chi connectivity index (χ2v) is 8.17. The third kappa shape index (κ3) is 6.24. The molecular formula is C23H29N3O3S. The monoisotopic (exact) mass is 427 g/mol. The number of benzene rings is 2. The van der Waals surface area contributed by atoms with Crippen molar-refractivity contribution in [2.24, 2.45) is 0 Å². The van der Waals surface area contributed by atoms with Crippen molar-refractivity contribution >= 4 is 35.0 Å². The summed E-state index contributed by atoms with van der Waals surface area (Å²) in [5.74, 6) is 0.0917. The molecule has 0 radical (unpaired) electrons. The van der Waals surface area contributed by atoms with Gasteiger partial charge in [0.2, 0.25) is 11.8 Å². The number of nitrogens with zero attached hydrogens (tertiary/aromatic N) is 2. The number of amides is 2. The fourth-order valence-corrected chi connectivity index (χ4v) is 4.21. The lowest BCUT2D eigenvalue weighted by Crippen LogP contribution is -2.38. The first kappa shape index (κ1) is 22.2. The van der Waals surface area contributed by atoms with Crippen LogP contribution in [0.25, 0.3) is 0 Å². The van der Waals surface area contributed by atoms with Crippen molar-refractivity contribution in [2.45, 2.75) is 18.7 Å². The van der Waals surface area contributed by atoms with E-state index in [4.69, 9.17) is 4.74 Å². The Hall–Kier alpha value is -2.51. The molecule has 30 heavy (non-hydrogen) atoms. The fraction of sp³-hybridized carbons (Fsp3) is 0.391. The van der Waals surface area contributed by atoms with Gasteiger partial charge in [-0.1, -0.05) is 18.2 Å². The summed E-state index contributed by atoms with van der Waals surface area (Å²) < 4.78 is 5.38. The van der Waals surface area contributed by atoms with Crippen molar-refractivity contribution < 1.29 is 14.3 Å². The van der Waals surface area contributed by atoms with Crippen LogP contribution < -0.4 is 10.2 Å². The van der Waals surface area contributed by atoms with Crippen molar-refractivity contribution in [3.8, 4) is 0 Å². The standard InChI is InChI=1S/C23H29N3O3S/c1-3-25(23(28)17-30-21-7-5-4-6-18(21)2)16-22(27)24-19-8-10-20(11-9-19)26-12-14-29-15-13-26/h4-11H,3,12-17H2,1-2H3,(H,24,27). The molecule has 1 N–H and O–H groups in total. The summed E-state index contributed by atoms with van der Waals surface area (Å²) in [6, 6.07) is 15.8. The predicted molar refractivity (Wildman–Crippen MR) is 122 cm³/mol. The van der Waals surface area contributed by atoms with Crippen LogP contribution in [0.5, 0.6) is 0 Å². The third-order valence-corrected chi connectivity index (χ3v) is 6.20. The fourth-order valence-electron chi connectivity index (χ4n) is 3.28. The lowest BCUT2D eigenvalue weighted by Gasteiger charge is -2.29. The number of ether oxygens (including phenoxy) is 1. The van der Waals surface area contributed by atoms with Crippen LogP contribution >= 0.6 is 11.8 Å². The van der Waals surface area contributed by atoms with Crippen molar-refractivity contribution in [3.63, 3.8) is 0 Å². The van der Waals surface area contributed by atoms with Gasteiger partial charge >= 0.3 is 0 Å². The van der Waals surface area contributed by atoms with Crippen LogP contribution in [-0.2, 0) is 14.3 Å². The van der Waals surface area contributed by atoms with E-state index in [-0.39, 0.29) is 18.4 Å². The summed E-state index contributed by atoms with van der Waals surface area (Å²) >= 11 is 1.51. The topological polar surface area (TPSA) is 61.9 Å². The second kappa shape index (κ2) is 11.0. The molecule has 1 fully saturated rings. The van der Waals surface area contributed by atoms with Crippen molar-refractivity contribution in [2.75, 3.05) is 55.4 Å². The number of thioether (sulfide) groups is 1. The summed E-state index contributed by atoms with van der Waals surface area (Å²) in [5.41, 5.74) is 3.00. The molecule has 1 aliphatic rings. The van der Waals surface area contributed by atoms with Crippen LogP contribution in [0, 0.1) is 6.92 Å². The van der Waals surface area contributed by atoms with E-state index in [1.807, 2.05) is 62.4 Å². The number of nitrogens with one attached hydrogen (secondary N) is 1. The zero-order chi connectivity index (χ0) is 21.3. The van der Waals surface area contributed by atoms with Gasteiger partial charge in [-0.15, -0.1) is 11.8 Å². The maximum absolute atomic E-state index is 12.6. The van der Waals surface area contributed by atoms with E-state index in [9.17, 15) is 9.59 Å². The minimum atomic E-state index is -0.190. The number of hydrogen-bond acceptors (Lipinski definition) is 5. The Bertz CT molecular complexity index is 851. The molecule has 0 aromatic heterocycles. The molecule has 0 unspecified atom stereocenters. The van der Waals surface area contributed by atoms with E-state index in [1.54, 1.807) is 4.90 Å². The average Bonchev–Trinajstić information content (AvgIpc) is 2.78. The Morgan fingerprint density at radius 2 is 1.80 bits per heavy atom. The summed E-state index contributed by atoms with van der Waals surface area (Å²) in [6.07, 6.45) is 0. The smallest absolute Gasteiger partial charge is 0.243 e. The van der Waals surface area contributed by atoms with Gasteiger partial charge in [0.25, 0.3) is 0 Å². The Morgan fingerprint density at radius 1 is 1.10 bits per heavy atom. The maximum atomic E-state index is 12.6. The van der Waals surface area contributed by atoms with Gasteiger partial charge in [-0.25, -0.2) is 0 Å². The highest BCUT2D eigenvalue weighted by atomic mass is 32.2. The summed E-state index contributed by atoms with van der Waals surface area (Å²) in [4.78, 5) is 30.0. The second-order valence-electron chi connectivity index (χ2n) is 7.16. The summed E-state index contributed by atoms with van der Waals surface area (Å²) in [7, 11) is 0. The van der Waals surface area contributed by atoms with Crippen LogP contribution in [0.4, 0.5) is 11.4 Å². The van der Waals surface area contributed by atoms with Gasteiger partial charge in [-0.2, -0.15) is 0 Å². The number of anilines is 2. The number of morpholine rings is 1. The van der Waals surface area contributed by atoms with E-state index < -0.39 is 0 Å². The number of carbonyl (C=O) groups excluding carboxylic acids is 2. The van der Waals surface area contributed by atoms with Gasteiger partial charge in [-0.3, -0.25) is 9.59 Å². The lowest BCUT2D eigenvalue weighted by molar-refractivity contribution is -0.132. The van der Waals surface area contributed by atoms with Crippen LogP contribution in [0.2, 0.25) is 0 Å². The molecule has 3 rings (SSSR count). The highest BCUT2D eigenvalue weighted by molar-refractivity contribution is 8.00. The molecule has 7 heteroatoms. The lowest BCUT2D eigenvalue weighted by atomic mass is 10.2. The normalized spacial score (nSPS) is 13.7. The first-order valence-electron chi connectivity index (χ1n) is 10.3. The van der Waals surface area contributed by atoms with Crippen LogP contribution in [0.3, 0.4) is 0 Å². The Morgan fingerprint density at radius 3 is 2.47 bits per heavy atom. The first-order valence-corrected chi connectivity index (χ1v) is 11.2. The number of aryl methyl sites for hydroxylation is 1. The van der Waals surface area contributed by atoms with E-state index in [0.717, 1.165) is 48.1 Å². The molecule has 6 nitrogen and oxygen atoms in total. The van der Waals surface area contributed by atoms with Crippen molar-refractivity contribution in [3.05, 3.63) is 54.1 Å². The van der Waals surface area contributed by atoms with Crippen LogP contribution in [0.1, 0.15) is 12.5 Å². The number of carbonyl (C=O) groups is 2. The molecule has 1 aliphatic heterocycles. The molecule has 160 valence electrons. The van der Waals surface area contributed by atoms with Crippen LogP contribution in [0.15, 0.2) is 53.4 Å². The van der Waals surface area contributed by atoms with Crippen molar-refractivity contribution in [1.82, 2.24) is 4.90 Å². The zero-order valence-corrected chi connectivity index (χ0v) is 18.4. The predicted octanol–water partition coefficient (Wildman–Crippen LogP) is 3.41. The molecule has 0 bridgehead atoms. The van der Waals surface area contributed by atoms with E-state index in [0.29, 0.717) is 12.3 Å². The van der Waals surface area contributed by atoms with Gasteiger partial charge < -0.3 is 19.9 Å². The highest BCUT2D eigenvalue weighted by Crippen LogP contribution is 2.22.